The van der Waals surface area contributed by atoms with Crippen LogP contribution >= 0.6 is 0 Å². The standard InChI is InChI=1S/C24H28FN3O2/c1-16(14-30-18-5-3-17(25)4-6-18)28-12-10-24(15-28)23-20(9-11-26-24)21-13-19(29-2)7-8-22(21)27-23/h3-8,13,16,26-27H,9-12,14-15H2,1-2H3/t16-,24?/m0/s1. The molecule has 1 fully saturated rings. The monoisotopic (exact) mass is 409 g/mol. The van der Waals surface area contributed by atoms with Crippen molar-refractivity contribution >= 4 is 10.9 Å². The second-order valence-corrected chi connectivity index (χ2v) is 8.48. The Morgan fingerprint density at radius 1 is 1.17 bits per heavy atom. The first-order valence-electron chi connectivity index (χ1n) is 10.6. The second kappa shape index (κ2) is 7.60. The van der Waals surface area contributed by atoms with Gasteiger partial charge in [-0.2, -0.15) is 0 Å². The van der Waals surface area contributed by atoms with Gasteiger partial charge in [0, 0.05) is 42.3 Å². The predicted molar refractivity (Wildman–Crippen MR) is 116 cm³/mol. The molecule has 1 saturated heterocycles. The van der Waals surface area contributed by atoms with Gasteiger partial charge in [-0.1, -0.05) is 0 Å². The Kier molecular flexibility index (Phi) is 4.91. The molecule has 2 atom stereocenters. The molecule has 5 nitrogen and oxygen atoms in total. The average Bonchev–Trinajstić information content (AvgIpc) is 3.36. The smallest absolute Gasteiger partial charge is 0.123 e. The van der Waals surface area contributed by atoms with E-state index in [0.717, 1.165) is 38.2 Å². The molecule has 2 aliphatic heterocycles. The lowest BCUT2D eigenvalue weighted by Crippen LogP contribution is -2.50. The van der Waals surface area contributed by atoms with Gasteiger partial charge < -0.3 is 19.8 Å². The van der Waals surface area contributed by atoms with Crippen LogP contribution in [0.3, 0.4) is 0 Å². The highest BCUT2D eigenvalue weighted by atomic mass is 19.1. The zero-order valence-corrected chi connectivity index (χ0v) is 17.5. The van der Waals surface area contributed by atoms with Crippen molar-refractivity contribution in [2.45, 2.75) is 31.3 Å². The number of methoxy groups -OCH3 is 1. The topological polar surface area (TPSA) is 49.5 Å². The van der Waals surface area contributed by atoms with E-state index < -0.39 is 0 Å². The van der Waals surface area contributed by atoms with Gasteiger partial charge in [0.25, 0.3) is 0 Å². The molecule has 30 heavy (non-hydrogen) atoms. The second-order valence-electron chi connectivity index (χ2n) is 8.48. The number of hydrogen-bond donors (Lipinski definition) is 2. The molecule has 5 rings (SSSR count). The normalized spacial score (nSPS) is 22.4. The fraction of sp³-hybridized carbons (Fsp3) is 0.417. The predicted octanol–water partition coefficient (Wildman–Crippen LogP) is 3.83. The van der Waals surface area contributed by atoms with Crippen molar-refractivity contribution in [3.63, 3.8) is 0 Å². The molecule has 0 amide bonds. The lowest BCUT2D eigenvalue weighted by Gasteiger charge is -2.36. The Morgan fingerprint density at radius 3 is 2.77 bits per heavy atom. The number of nitrogens with zero attached hydrogens (tertiary/aromatic N) is 1. The third-order valence-electron chi connectivity index (χ3n) is 6.66. The van der Waals surface area contributed by atoms with E-state index in [1.54, 1.807) is 19.2 Å². The van der Waals surface area contributed by atoms with E-state index in [2.05, 4.69) is 34.3 Å². The number of halogens is 1. The van der Waals surface area contributed by atoms with Crippen LogP contribution in [0.1, 0.15) is 24.6 Å². The summed E-state index contributed by atoms with van der Waals surface area (Å²) in [6.07, 6.45) is 2.08. The van der Waals surface area contributed by atoms with Crippen LogP contribution in [-0.4, -0.2) is 49.3 Å². The van der Waals surface area contributed by atoms with E-state index in [1.165, 1.54) is 34.3 Å². The van der Waals surface area contributed by atoms with Gasteiger partial charge >= 0.3 is 0 Å². The van der Waals surface area contributed by atoms with Gasteiger partial charge in [-0.05, 0) is 67.8 Å². The minimum absolute atomic E-state index is 0.0516. The molecule has 0 bridgehead atoms. The molecule has 0 radical (unpaired) electrons. The molecule has 1 spiro atoms. The van der Waals surface area contributed by atoms with E-state index >= 15 is 0 Å². The van der Waals surface area contributed by atoms with Crippen molar-refractivity contribution in [3.8, 4) is 11.5 Å². The molecular weight excluding hydrogens is 381 g/mol. The van der Waals surface area contributed by atoms with Gasteiger partial charge in [-0.3, -0.25) is 4.90 Å². The summed E-state index contributed by atoms with van der Waals surface area (Å²) >= 11 is 0. The molecule has 3 aromatic rings. The molecule has 2 aromatic carbocycles. The van der Waals surface area contributed by atoms with E-state index in [1.807, 2.05) is 6.07 Å². The van der Waals surface area contributed by atoms with Gasteiger partial charge in [0.2, 0.25) is 0 Å². The summed E-state index contributed by atoms with van der Waals surface area (Å²) in [5.41, 5.74) is 3.87. The summed E-state index contributed by atoms with van der Waals surface area (Å²) in [6, 6.07) is 12.8. The summed E-state index contributed by atoms with van der Waals surface area (Å²) < 4.78 is 24.4. The number of ether oxygens (including phenoxy) is 2. The zero-order chi connectivity index (χ0) is 20.7. The minimum atomic E-state index is -0.244. The molecule has 6 heteroatoms. The lowest BCUT2D eigenvalue weighted by atomic mass is 9.86. The Balaban J connectivity index is 1.34. The van der Waals surface area contributed by atoms with Crippen LogP contribution in [0.5, 0.6) is 11.5 Å². The van der Waals surface area contributed by atoms with Crippen LogP contribution in [0.4, 0.5) is 4.39 Å². The van der Waals surface area contributed by atoms with Crippen molar-refractivity contribution in [2.75, 3.05) is 33.4 Å². The number of aromatic amines is 1. The van der Waals surface area contributed by atoms with Crippen LogP contribution in [0.15, 0.2) is 42.5 Å². The molecule has 2 N–H and O–H groups in total. The van der Waals surface area contributed by atoms with Gasteiger partial charge in [0.05, 0.1) is 12.6 Å². The van der Waals surface area contributed by atoms with Crippen LogP contribution in [0, 0.1) is 5.82 Å². The maximum Gasteiger partial charge on any atom is 0.123 e. The quantitative estimate of drug-likeness (QED) is 0.673. The average molecular weight is 410 g/mol. The van der Waals surface area contributed by atoms with E-state index in [4.69, 9.17) is 9.47 Å². The van der Waals surface area contributed by atoms with Crippen molar-refractivity contribution < 1.29 is 13.9 Å². The number of rotatable bonds is 5. The van der Waals surface area contributed by atoms with Crippen molar-refractivity contribution in [3.05, 3.63) is 59.5 Å². The van der Waals surface area contributed by atoms with E-state index in [9.17, 15) is 4.39 Å². The molecule has 1 unspecified atom stereocenters. The Hall–Kier alpha value is -2.57. The first-order valence-corrected chi connectivity index (χ1v) is 10.6. The Labute approximate surface area is 176 Å². The van der Waals surface area contributed by atoms with E-state index in [-0.39, 0.29) is 17.4 Å². The van der Waals surface area contributed by atoms with Crippen LogP contribution < -0.4 is 14.8 Å². The fourth-order valence-corrected chi connectivity index (χ4v) is 4.95. The number of H-pyrrole nitrogens is 1. The van der Waals surface area contributed by atoms with Crippen LogP contribution in [0.2, 0.25) is 0 Å². The SMILES string of the molecule is COc1ccc2[nH]c3c(c2c1)CCNC31CCN([C@@H](C)COc2ccc(F)cc2)C1. The van der Waals surface area contributed by atoms with Crippen LogP contribution in [-0.2, 0) is 12.0 Å². The van der Waals surface area contributed by atoms with Crippen molar-refractivity contribution in [2.24, 2.45) is 0 Å². The summed E-state index contributed by atoms with van der Waals surface area (Å²) in [4.78, 5) is 6.20. The van der Waals surface area contributed by atoms with Gasteiger partial charge in [-0.25, -0.2) is 4.39 Å². The molecule has 0 aliphatic carbocycles. The summed E-state index contributed by atoms with van der Waals surface area (Å²) in [5, 5.41) is 5.09. The minimum Gasteiger partial charge on any atom is -0.497 e. The number of aromatic nitrogens is 1. The third-order valence-corrected chi connectivity index (χ3v) is 6.66. The van der Waals surface area contributed by atoms with E-state index in [0.29, 0.717) is 12.4 Å². The molecular formula is C24H28FN3O2. The summed E-state index contributed by atoms with van der Waals surface area (Å²) in [6.45, 7) is 5.71. The molecule has 2 aliphatic rings. The zero-order valence-electron chi connectivity index (χ0n) is 17.5. The van der Waals surface area contributed by atoms with Crippen molar-refractivity contribution in [1.29, 1.82) is 0 Å². The highest BCUT2D eigenvalue weighted by Crippen LogP contribution is 2.40. The first-order chi connectivity index (χ1) is 14.6. The number of hydrogen-bond acceptors (Lipinski definition) is 4. The number of nitrogens with one attached hydrogen (secondary N) is 2. The van der Waals surface area contributed by atoms with Gasteiger partial charge in [0.1, 0.15) is 23.9 Å². The largest absolute Gasteiger partial charge is 0.497 e. The molecule has 3 heterocycles. The maximum absolute atomic E-state index is 13.1. The maximum atomic E-state index is 13.1. The number of benzene rings is 2. The Bertz CT molecular complexity index is 1050. The third kappa shape index (κ3) is 3.34. The summed E-state index contributed by atoms with van der Waals surface area (Å²) in [5.74, 6) is 1.36. The molecule has 1 aromatic heterocycles. The highest BCUT2D eigenvalue weighted by Gasteiger charge is 2.45. The lowest BCUT2D eigenvalue weighted by molar-refractivity contribution is 0.158. The molecule has 158 valence electrons. The van der Waals surface area contributed by atoms with Gasteiger partial charge in [-0.15, -0.1) is 0 Å². The van der Waals surface area contributed by atoms with Crippen LogP contribution in [0.25, 0.3) is 10.9 Å². The first kappa shape index (κ1) is 19.4. The molecule has 0 saturated carbocycles. The Morgan fingerprint density at radius 2 is 1.97 bits per heavy atom. The van der Waals surface area contributed by atoms with Gasteiger partial charge in [0.15, 0.2) is 0 Å². The van der Waals surface area contributed by atoms with Crippen molar-refractivity contribution in [1.82, 2.24) is 15.2 Å². The summed E-state index contributed by atoms with van der Waals surface area (Å²) in [7, 11) is 1.72. The number of likely N-dealkylation sites (tertiary alicyclic amines) is 1. The highest BCUT2D eigenvalue weighted by molar-refractivity contribution is 5.86. The number of fused-ring (bicyclic) bond motifs is 4. The fourth-order valence-electron chi connectivity index (χ4n) is 4.95.